The molecule has 0 aromatic heterocycles. The molecule has 1 aromatic rings. The van der Waals surface area contributed by atoms with Crippen LogP contribution in [0, 0.1) is 0 Å². The second-order valence-electron chi connectivity index (χ2n) is 5.62. The van der Waals surface area contributed by atoms with Gasteiger partial charge in [-0.1, -0.05) is 31.4 Å². The van der Waals surface area contributed by atoms with Crippen LogP contribution in [0.25, 0.3) is 0 Å². The zero-order valence-corrected chi connectivity index (χ0v) is 15.3. The highest BCUT2D eigenvalue weighted by atomic mass is 35.5. The molecule has 1 aliphatic heterocycles. The van der Waals surface area contributed by atoms with Gasteiger partial charge in [0.15, 0.2) is 0 Å². The summed E-state index contributed by atoms with van der Waals surface area (Å²) in [5.41, 5.74) is 0.183. The number of hydrogen-bond acceptors (Lipinski definition) is 4. The number of unbranched alkanes of at least 4 members (excludes halogenated alkanes) is 2. The second-order valence-corrected chi connectivity index (χ2v) is 7.97. The maximum atomic E-state index is 12.7. The highest BCUT2D eigenvalue weighted by molar-refractivity contribution is 7.89. The highest BCUT2D eigenvalue weighted by Crippen LogP contribution is 2.23. The van der Waals surface area contributed by atoms with Crippen LogP contribution < -0.4 is 5.32 Å². The molecule has 0 spiro atoms. The Morgan fingerprint density at radius 3 is 2.67 bits per heavy atom. The molecule has 0 unspecified atom stereocenters. The third kappa shape index (κ3) is 4.69. The van der Waals surface area contributed by atoms with Crippen LogP contribution in [0.4, 0.5) is 0 Å². The summed E-state index contributed by atoms with van der Waals surface area (Å²) in [5.74, 6) is -0.352. The van der Waals surface area contributed by atoms with Crippen molar-refractivity contribution in [3.63, 3.8) is 0 Å². The number of ether oxygens (including phenoxy) is 1. The number of amides is 1. The number of halogens is 1. The number of nitrogens with zero attached hydrogens (tertiary/aromatic N) is 1. The molecular weight excluding hydrogens is 352 g/mol. The first kappa shape index (κ1) is 19.2. The first-order chi connectivity index (χ1) is 11.5. The van der Waals surface area contributed by atoms with Gasteiger partial charge in [-0.3, -0.25) is 4.79 Å². The smallest absolute Gasteiger partial charge is 0.252 e. The van der Waals surface area contributed by atoms with Crippen LogP contribution in [0.3, 0.4) is 0 Å². The van der Waals surface area contributed by atoms with Crippen molar-refractivity contribution in [1.29, 1.82) is 0 Å². The quantitative estimate of drug-likeness (QED) is 0.743. The molecule has 0 atom stereocenters. The van der Waals surface area contributed by atoms with E-state index in [1.807, 2.05) is 0 Å². The Morgan fingerprint density at radius 2 is 2.00 bits per heavy atom. The average Bonchev–Trinajstić information content (AvgIpc) is 2.59. The van der Waals surface area contributed by atoms with E-state index in [1.165, 1.54) is 22.5 Å². The summed E-state index contributed by atoms with van der Waals surface area (Å²) in [6, 6.07) is 4.24. The monoisotopic (exact) mass is 374 g/mol. The summed E-state index contributed by atoms with van der Waals surface area (Å²) in [6.45, 7) is 3.99. The summed E-state index contributed by atoms with van der Waals surface area (Å²) >= 11 is 6.08. The van der Waals surface area contributed by atoms with Gasteiger partial charge < -0.3 is 10.1 Å². The van der Waals surface area contributed by atoms with Crippen molar-refractivity contribution in [2.24, 2.45) is 0 Å². The molecule has 1 fully saturated rings. The fraction of sp³-hybridized carbons (Fsp3) is 0.562. The molecule has 1 aromatic carbocycles. The minimum absolute atomic E-state index is 0.0764. The predicted molar refractivity (Wildman–Crippen MR) is 92.9 cm³/mol. The molecule has 1 N–H and O–H groups in total. The van der Waals surface area contributed by atoms with Crippen LogP contribution in [-0.2, 0) is 14.8 Å². The lowest BCUT2D eigenvalue weighted by atomic mass is 10.2. The van der Waals surface area contributed by atoms with Crippen LogP contribution in [-0.4, -0.2) is 51.5 Å². The van der Waals surface area contributed by atoms with Gasteiger partial charge in [-0.25, -0.2) is 8.42 Å². The van der Waals surface area contributed by atoms with Crippen LogP contribution in [0.15, 0.2) is 23.1 Å². The summed E-state index contributed by atoms with van der Waals surface area (Å²) in [4.78, 5) is 12.3. The number of benzene rings is 1. The summed E-state index contributed by atoms with van der Waals surface area (Å²) < 4.78 is 31.9. The number of nitrogens with one attached hydrogen (secondary N) is 1. The molecule has 24 heavy (non-hydrogen) atoms. The summed E-state index contributed by atoms with van der Waals surface area (Å²) in [5, 5.41) is 3.02. The molecule has 0 radical (unpaired) electrons. The Balaban J connectivity index is 2.16. The normalized spacial score (nSPS) is 16.1. The van der Waals surface area contributed by atoms with E-state index in [0.717, 1.165) is 19.3 Å². The van der Waals surface area contributed by atoms with Gasteiger partial charge in [0.1, 0.15) is 0 Å². The fourth-order valence-corrected chi connectivity index (χ4v) is 4.09. The van der Waals surface area contributed by atoms with Gasteiger partial charge in [0, 0.05) is 19.6 Å². The second kappa shape index (κ2) is 8.80. The third-order valence-electron chi connectivity index (χ3n) is 3.86. The largest absolute Gasteiger partial charge is 0.379 e. The van der Waals surface area contributed by atoms with E-state index < -0.39 is 10.0 Å². The lowest BCUT2D eigenvalue weighted by Gasteiger charge is -2.26. The van der Waals surface area contributed by atoms with E-state index in [-0.39, 0.29) is 21.4 Å². The molecule has 2 rings (SSSR count). The molecule has 0 saturated carbocycles. The molecule has 1 heterocycles. The Hall–Kier alpha value is -1.15. The summed E-state index contributed by atoms with van der Waals surface area (Å²) in [7, 11) is -3.65. The summed E-state index contributed by atoms with van der Waals surface area (Å²) in [6.07, 6.45) is 2.97. The van der Waals surface area contributed by atoms with E-state index in [1.54, 1.807) is 0 Å². The van der Waals surface area contributed by atoms with Gasteiger partial charge in [0.05, 0.1) is 28.7 Å². The first-order valence-corrected chi connectivity index (χ1v) is 9.94. The van der Waals surface area contributed by atoms with Crippen molar-refractivity contribution < 1.29 is 17.9 Å². The molecule has 1 saturated heterocycles. The Bertz CT molecular complexity index is 673. The molecule has 1 aliphatic rings. The minimum atomic E-state index is -3.65. The highest BCUT2D eigenvalue weighted by Gasteiger charge is 2.27. The van der Waals surface area contributed by atoms with Crippen LogP contribution in [0.2, 0.25) is 5.02 Å². The lowest BCUT2D eigenvalue weighted by Crippen LogP contribution is -2.40. The Kier molecular flexibility index (Phi) is 7.03. The number of morpholine rings is 1. The van der Waals surface area contributed by atoms with E-state index in [4.69, 9.17) is 16.3 Å². The molecule has 1 amide bonds. The Morgan fingerprint density at radius 1 is 1.29 bits per heavy atom. The lowest BCUT2D eigenvalue weighted by molar-refractivity contribution is 0.0730. The predicted octanol–water partition coefficient (Wildman–Crippen LogP) is 2.28. The van der Waals surface area contributed by atoms with E-state index in [0.29, 0.717) is 32.8 Å². The van der Waals surface area contributed by atoms with Gasteiger partial charge in [0.25, 0.3) is 5.91 Å². The van der Waals surface area contributed by atoms with Crippen molar-refractivity contribution in [2.75, 3.05) is 32.8 Å². The van der Waals surface area contributed by atoms with E-state index in [2.05, 4.69) is 12.2 Å². The van der Waals surface area contributed by atoms with Crippen LogP contribution in [0.1, 0.15) is 36.5 Å². The van der Waals surface area contributed by atoms with Gasteiger partial charge in [-0.2, -0.15) is 4.31 Å². The number of carbonyl (C=O) groups is 1. The van der Waals surface area contributed by atoms with Crippen LogP contribution in [0.5, 0.6) is 0 Å². The molecular formula is C16H23ClN2O4S. The standard InChI is InChI=1S/C16H23ClN2O4S/c1-2-3-4-7-18-16(20)14-12-13(5-6-15(14)17)24(21,22)19-8-10-23-11-9-19/h5-6,12H,2-4,7-11H2,1H3,(H,18,20). The van der Waals surface area contributed by atoms with E-state index >= 15 is 0 Å². The third-order valence-corrected chi connectivity index (χ3v) is 6.08. The van der Waals surface area contributed by atoms with E-state index in [9.17, 15) is 13.2 Å². The van der Waals surface area contributed by atoms with Gasteiger partial charge >= 0.3 is 0 Å². The fourth-order valence-electron chi connectivity index (χ4n) is 2.45. The first-order valence-electron chi connectivity index (χ1n) is 8.12. The van der Waals surface area contributed by atoms with Crippen molar-refractivity contribution in [3.8, 4) is 0 Å². The molecule has 0 bridgehead atoms. The zero-order valence-electron chi connectivity index (χ0n) is 13.8. The maximum absolute atomic E-state index is 12.7. The van der Waals surface area contributed by atoms with Gasteiger partial charge in [0.2, 0.25) is 10.0 Å². The number of sulfonamides is 1. The van der Waals surface area contributed by atoms with Crippen molar-refractivity contribution in [2.45, 2.75) is 31.1 Å². The minimum Gasteiger partial charge on any atom is -0.379 e. The maximum Gasteiger partial charge on any atom is 0.252 e. The topological polar surface area (TPSA) is 75.7 Å². The zero-order chi connectivity index (χ0) is 17.6. The van der Waals surface area contributed by atoms with Gasteiger partial charge in [-0.05, 0) is 24.6 Å². The van der Waals surface area contributed by atoms with Crippen LogP contribution >= 0.6 is 11.6 Å². The number of carbonyl (C=O) groups excluding carboxylic acids is 1. The SMILES string of the molecule is CCCCCNC(=O)c1cc(S(=O)(=O)N2CCOCC2)ccc1Cl. The molecule has 8 heteroatoms. The van der Waals surface area contributed by atoms with Gasteiger partial charge in [-0.15, -0.1) is 0 Å². The average molecular weight is 375 g/mol. The van der Waals surface area contributed by atoms with Crippen molar-refractivity contribution >= 4 is 27.5 Å². The number of rotatable bonds is 7. The number of hydrogen-bond donors (Lipinski definition) is 1. The molecule has 6 nitrogen and oxygen atoms in total. The molecule has 134 valence electrons. The molecule has 0 aliphatic carbocycles. The Labute approximate surface area is 148 Å². The van der Waals surface area contributed by atoms with Crippen molar-refractivity contribution in [1.82, 2.24) is 9.62 Å². The van der Waals surface area contributed by atoms with Crippen molar-refractivity contribution in [3.05, 3.63) is 28.8 Å².